The summed E-state index contributed by atoms with van der Waals surface area (Å²) in [6, 6.07) is 7.52. The van der Waals surface area contributed by atoms with Gasteiger partial charge in [0.15, 0.2) is 0 Å². The van der Waals surface area contributed by atoms with Crippen molar-refractivity contribution in [2.75, 3.05) is 26.2 Å². The van der Waals surface area contributed by atoms with E-state index in [1.807, 2.05) is 40.4 Å². The molecule has 3 rings (SSSR count). The first-order chi connectivity index (χ1) is 12.4. The third-order valence-electron chi connectivity index (χ3n) is 4.00. The van der Waals surface area contributed by atoms with Gasteiger partial charge in [-0.2, -0.15) is 0 Å². The monoisotopic (exact) mass is 568 g/mol. The molecule has 0 bridgehead atoms. The number of rotatable bonds is 4. The van der Waals surface area contributed by atoms with E-state index < -0.39 is 19.1 Å². The number of carbonyl (C=O) groups is 1. The van der Waals surface area contributed by atoms with Crippen LogP contribution in [0, 0.1) is 82.1 Å². The molecule has 0 aromatic heterocycles. The number of para-hydroxylation sites is 1. The van der Waals surface area contributed by atoms with Gasteiger partial charge >= 0.3 is 139 Å². The van der Waals surface area contributed by atoms with Crippen LogP contribution in [0.2, 0.25) is 0 Å². The molecule has 1 aromatic rings. The molecule has 0 atom stereocenters. The molecule has 5 nitrogen and oxygen atoms in total. The minimum atomic E-state index is -1.94. The van der Waals surface area contributed by atoms with Crippen LogP contribution in [0.4, 0.5) is 0 Å². The summed E-state index contributed by atoms with van der Waals surface area (Å²) in [5.41, 5.74) is -0.0478. The Labute approximate surface area is 241 Å². The molecule has 0 aliphatic carbocycles. The number of halogens is 2. The van der Waals surface area contributed by atoms with Crippen molar-refractivity contribution in [3.05, 3.63) is 36.5 Å². The molecular weight excluding hydrogens is 542 g/mol. The number of likely N-dealkylation sites (tertiary alicyclic amines) is 1. The number of hydrogen-bond acceptors (Lipinski definition) is 4. The van der Waals surface area contributed by atoms with Gasteiger partial charge in [-0.25, -0.2) is 6.67 Å². The SMILES string of the molecule is CC(C)(Oc1ccccc1[CH]=[Ru]([Cl])[Cl])C(=O)N1CCCC1.[Ar].[Ar].[CH-]1NCCN1. The molecule has 2 aliphatic rings. The number of ether oxygens (including phenoxy) is 1. The second-order valence-electron chi connectivity index (χ2n) is 6.51. The molecule has 1 amide bonds. The molecule has 0 radical (unpaired) electrons. The van der Waals surface area contributed by atoms with Gasteiger partial charge in [0.25, 0.3) is 0 Å². The van der Waals surface area contributed by atoms with Crippen molar-refractivity contribution in [3.8, 4) is 5.75 Å². The van der Waals surface area contributed by atoms with Crippen LogP contribution in [-0.4, -0.2) is 47.2 Å². The van der Waals surface area contributed by atoms with Crippen molar-refractivity contribution < 1.29 is 98.5 Å². The Morgan fingerprint density at radius 1 is 1.18 bits per heavy atom. The molecule has 1 aromatic carbocycles. The molecule has 164 valence electrons. The van der Waals surface area contributed by atoms with Crippen molar-refractivity contribution in [3.63, 3.8) is 0 Å². The largest absolute Gasteiger partial charge is 0.455 e. The van der Waals surface area contributed by atoms with E-state index in [4.69, 9.17) is 24.1 Å². The quantitative estimate of drug-likeness (QED) is 0.434. The Kier molecular flexibility index (Phi) is 16.9. The molecular formula is C18H26Ar2Cl2N3O2Ru-. The zero-order valence-electron chi connectivity index (χ0n) is 15.8. The Morgan fingerprint density at radius 2 is 1.75 bits per heavy atom. The van der Waals surface area contributed by atoms with Gasteiger partial charge in [0.2, 0.25) is 0 Å². The topological polar surface area (TPSA) is 53.6 Å². The van der Waals surface area contributed by atoms with Crippen LogP contribution >= 0.6 is 19.4 Å². The molecule has 2 N–H and O–H groups in total. The number of benzene rings is 1. The third-order valence-corrected chi connectivity index (χ3v) is 5.83. The molecule has 0 spiro atoms. The average molecular weight is 568 g/mol. The molecule has 2 saturated heterocycles. The fourth-order valence-corrected chi connectivity index (χ4v) is 4.53. The van der Waals surface area contributed by atoms with E-state index in [9.17, 15) is 4.79 Å². The van der Waals surface area contributed by atoms with E-state index in [1.54, 1.807) is 13.8 Å². The van der Waals surface area contributed by atoms with Crippen LogP contribution in [0.5, 0.6) is 5.75 Å². The maximum Gasteiger partial charge on any atom is 0 e. The van der Waals surface area contributed by atoms with Crippen LogP contribution < -0.4 is 15.4 Å². The number of carbonyl (C=O) groups excluding carboxylic acids is 1. The first kappa shape index (κ1) is 30.0. The molecule has 2 fully saturated rings. The van der Waals surface area contributed by atoms with Gasteiger partial charge in [-0.1, -0.05) is 0 Å². The molecule has 28 heavy (non-hydrogen) atoms. The third kappa shape index (κ3) is 10.5. The van der Waals surface area contributed by atoms with Crippen molar-refractivity contribution in [1.29, 1.82) is 0 Å². The number of nitrogens with one attached hydrogen (secondary N) is 2. The van der Waals surface area contributed by atoms with E-state index >= 15 is 0 Å². The minimum Gasteiger partial charge on any atom is -0.455 e. The Morgan fingerprint density at radius 3 is 2.25 bits per heavy atom. The zero-order chi connectivity index (χ0) is 19.0. The smallest absolute Gasteiger partial charge is 0 e. The predicted molar refractivity (Wildman–Crippen MR) is 104 cm³/mol. The second kappa shape index (κ2) is 15.7. The van der Waals surface area contributed by atoms with Crippen molar-refractivity contribution in [2.45, 2.75) is 32.3 Å². The van der Waals surface area contributed by atoms with E-state index in [0.717, 1.165) is 44.6 Å². The summed E-state index contributed by atoms with van der Waals surface area (Å²) in [6.07, 6.45) is 2.14. The maximum absolute atomic E-state index is 12.6. The van der Waals surface area contributed by atoms with Gasteiger partial charge in [0.05, 0.1) is 0 Å². The Hall–Kier alpha value is 2.00. The number of hydrogen-bond donors (Lipinski definition) is 2. The van der Waals surface area contributed by atoms with Crippen LogP contribution in [0.3, 0.4) is 0 Å². The van der Waals surface area contributed by atoms with E-state index in [0.29, 0.717) is 5.75 Å². The van der Waals surface area contributed by atoms with Crippen LogP contribution in [0.15, 0.2) is 24.3 Å². The molecule has 10 heteroatoms. The summed E-state index contributed by atoms with van der Waals surface area (Å²) < 4.78 is 7.82. The zero-order valence-corrected chi connectivity index (χ0v) is 20.5. The summed E-state index contributed by atoms with van der Waals surface area (Å²) in [6.45, 7) is 9.28. The summed E-state index contributed by atoms with van der Waals surface area (Å²) in [5.74, 6) is 0.677. The van der Waals surface area contributed by atoms with E-state index in [-0.39, 0.29) is 81.4 Å². The first-order valence-corrected chi connectivity index (χ1v) is 14.1. The molecule has 2 aliphatic heterocycles. The first-order valence-electron chi connectivity index (χ1n) is 8.59. The van der Waals surface area contributed by atoms with Crippen LogP contribution in [0.25, 0.3) is 0 Å². The normalized spacial score (nSPS) is 16.1. The summed E-state index contributed by atoms with van der Waals surface area (Å²) >= 11 is -1.94. The molecule has 2 heterocycles. The average Bonchev–Trinajstić information content (AvgIpc) is 3.31. The Balaban J connectivity index is 0.000000907. The van der Waals surface area contributed by atoms with Crippen molar-refractivity contribution >= 4 is 29.9 Å². The summed E-state index contributed by atoms with van der Waals surface area (Å²) in [5, 5.41) is 5.97. The second-order valence-corrected chi connectivity index (χ2v) is 12.2. The van der Waals surface area contributed by atoms with E-state index in [1.165, 1.54) is 0 Å². The standard InChI is InChI=1S/C15H19NO2.C3H7N2.2Ar.2ClH.Ru/c1-12-8-4-5-9-13(12)18-15(2,3)14(17)16-10-6-7-11-16;1-2-5-3-4-1;;;;;/h1,4-5,8-9H,6-7,10-11H2,2-3H3;3-5H,1-2H2;;;2*1H;/q;-1;;;;;+2/p-2. The maximum atomic E-state index is 12.6. The van der Waals surface area contributed by atoms with Crippen LogP contribution in [0.1, 0.15) is 32.3 Å². The Bertz CT molecular complexity index is 629. The van der Waals surface area contributed by atoms with Gasteiger partial charge in [-0.05, 0) is 13.1 Å². The molecule has 0 unspecified atom stereocenters. The fourth-order valence-electron chi connectivity index (χ4n) is 2.72. The van der Waals surface area contributed by atoms with Crippen molar-refractivity contribution in [2.24, 2.45) is 0 Å². The number of amides is 1. The van der Waals surface area contributed by atoms with Gasteiger partial charge < -0.3 is 10.6 Å². The fraction of sp³-hybridized carbons (Fsp3) is 0.500. The van der Waals surface area contributed by atoms with E-state index in [2.05, 4.69) is 10.6 Å². The predicted octanol–water partition coefficient (Wildman–Crippen LogP) is 2.84. The van der Waals surface area contributed by atoms with Gasteiger partial charge in [0, 0.05) is 75.5 Å². The van der Waals surface area contributed by atoms with Gasteiger partial charge in [-0.15, -0.1) is 0 Å². The minimum absolute atomic E-state index is 0. The molecule has 0 saturated carbocycles. The summed E-state index contributed by atoms with van der Waals surface area (Å²) in [7, 11) is 11.9. The van der Waals surface area contributed by atoms with Gasteiger partial charge in [-0.3, -0.25) is 0 Å². The summed E-state index contributed by atoms with van der Waals surface area (Å²) in [4.78, 5) is 14.4. The van der Waals surface area contributed by atoms with Gasteiger partial charge in [0.1, 0.15) is 0 Å². The number of nitrogens with zero attached hydrogens (tertiary/aromatic N) is 1. The van der Waals surface area contributed by atoms with Crippen LogP contribution in [-0.2, 0) is 18.3 Å². The van der Waals surface area contributed by atoms with Crippen molar-refractivity contribution in [1.82, 2.24) is 15.5 Å².